The van der Waals surface area contributed by atoms with E-state index in [1.165, 1.54) is 0 Å². The molecule has 2 heterocycles. The number of piperazine rings is 1. The number of hydrogen-bond acceptors (Lipinski definition) is 6. The molecule has 0 aliphatic carbocycles. The minimum absolute atomic E-state index is 0.190. The Kier molecular flexibility index (Phi) is 5.65. The highest BCUT2D eigenvalue weighted by Gasteiger charge is 2.22. The van der Waals surface area contributed by atoms with E-state index < -0.39 is 0 Å². The van der Waals surface area contributed by atoms with Crippen molar-refractivity contribution in [3.05, 3.63) is 41.5 Å². The lowest BCUT2D eigenvalue weighted by molar-refractivity contribution is -0.133. The summed E-state index contributed by atoms with van der Waals surface area (Å²) < 4.78 is 5.14. The number of carbonyl (C=O) groups excluding carboxylic acids is 1. The number of nitrogen functional groups attached to an aromatic ring is 1. The molecule has 2 N–H and O–H groups in total. The maximum absolute atomic E-state index is 12.4. The lowest BCUT2D eigenvalue weighted by Gasteiger charge is -2.34. The zero-order valence-corrected chi connectivity index (χ0v) is 14.6. The van der Waals surface area contributed by atoms with Gasteiger partial charge in [0.1, 0.15) is 0 Å². The van der Waals surface area contributed by atoms with Crippen LogP contribution in [-0.4, -0.2) is 52.0 Å². The number of hydrogen-bond donors (Lipinski definition) is 1. The molecule has 1 aliphatic heterocycles. The van der Waals surface area contributed by atoms with E-state index in [2.05, 4.69) is 15.0 Å². The van der Waals surface area contributed by atoms with Crippen LogP contribution in [0.1, 0.15) is 30.6 Å². The van der Waals surface area contributed by atoms with Gasteiger partial charge in [0.05, 0.1) is 6.54 Å². The Morgan fingerprint density at radius 1 is 1.24 bits per heavy atom. The fraction of sp³-hybridized carbons (Fsp3) is 0.500. The zero-order chi connectivity index (χ0) is 17.6. The van der Waals surface area contributed by atoms with E-state index in [1.807, 2.05) is 36.1 Å². The van der Waals surface area contributed by atoms with E-state index in [0.29, 0.717) is 25.3 Å². The third kappa shape index (κ3) is 4.57. The first-order chi connectivity index (χ1) is 12.2. The number of rotatable bonds is 6. The number of para-hydroxylation sites is 1. The molecule has 0 atom stereocenters. The first-order valence-electron chi connectivity index (χ1n) is 8.80. The maximum Gasteiger partial charge on any atom is 0.226 e. The molecular formula is C18H25N5O2. The highest BCUT2D eigenvalue weighted by atomic mass is 16.5. The van der Waals surface area contributed by atoms with Gasteiger partial charge in [-0.1, -0.05) is 30.3 Å². The van der Waals surface area contributed by atoms with E-state index in [9.17, 15) is 4.79 Å². The molecule has 7 nitrogen and oxygen atoms in total. The number of carbonyl (C=O) groups is 1. The van der Waals surface area contributed by atoms with Crippen LogP contribution in [0.4, 0.5) is 5.69 Å². The zero-order valence-electron chi connectivity index (χ0n) is 14.6. The van der Waals surface area contributed by atoms with E-state index in [4.69, 9.17) is 10.3 Å². The predicted molar refractivity (Wildman–Crippen MR) is 94.7 cm³/mol. The van der Waals surface area contributed by atoms with Crippen LogP contribution in [0.5, 0.6) is 0 Å². The minimum atomic E-state index is 0.190. The minimum Gasteiger partial charge on any atom is -0.399 e. The largest absolute Gasteiger partial charge is 0.399 e. The summed E-state index contributed by atoms with van der Waals surface area (Å²) in [5.74, 6) is 1.58. The molecule has 1 saturated heterocycles. The van der Waals surface area contributed by atoms with E-state index in [-0.39, 0.29) is 5.91 Å². The van der Waals surface area contributed by atoms with Crippen LogP contribution >= 0.6 is 0 Å². The monoisotopic (exact) mass is 343 g/mol. The van der Waals surface area contributed by atoms with Crippen LogP contribution in [0, 0.1) is 0 Å². The topological polar surface area (TPSA) is 88.5 Å². The van der Waals surface area contributed by atoms with Crippen molar-refractivity contribution in [3.8, 4) is 0 Å². The molecule has 7 heteroatoms. The van der Waals surface area contributed by atoms with Crippen LogP contribution in [-0.2, 0) is 24.2 Å². The fourth-order valence-corrected chi connectivity index (χ4v) is 3.01. The molecule has 134 valence electrons. The summed E-state index contributed by atoms with van der Waals surface area (Å²) in [4.78, 5) is 20.9. The van der Waals surface area contributed by atoms with Crippen LogP contribution in [0.25, 0.3) is 0 Å². The third-order valence-electron chi connectivity index (χ3n) is 4.57. The standard InChI is InChI=1S/C18H25N5O2/c1-2-17-20-16(21-25-17)13-22-9-11-23(12-10-22)18(24)8-7-14-5-3-4-6-15(14)19/h3-6H,2,7-13,19H2,1H3. The summed E-state index contributed by atoms with van der Waals surface area (Å²) in [6.45, 7) is 5.80. The average Bonchev–Trinajstić information content (AvgIpc) is 3.09. The number of aryl methyl sites for hydroxylation is 2. The molecule has 3 rings (SSSR count). The Hall–Kier alpha value is -2.41. The van der Waals surface area contributed by atoms with Gasteiger partial charge in [-0.3, -0.25) is 9.69 Å². The second-order valence-electron chi connectivity index (χ2n) is 6.31. The summed E-state index contributed by atoms with van der Waals surface area (Å²) in [6, 6.07) is 7.72. The molecule has 0 spiro atoms. The molecule has 0 saturated carbocycles. The number of benzene rings is 1. The quantitative estimate of drug-likeness (QED) is 0.800. The summed E-state index contributed by atoms with van der Waals surface area (Å²) in [5.41, 5.74) is 7.73. The molecule has 1 amide bonds. The van der Waals surface area contributed by atoms with Crippen molar-refractivity contribution < 1.29 is 9.32 Å². The van der Waals surface area contributed by atoms with Gasteiger partial charge in [-0.15, -0.1) is 0 Å². The van der Waals surface area contributed by atoms with Gasteiger partial charge >= 0.3 is 0 Å². The van der Waals surface area contributed by atoms with Crippen LogP contribution < -0.4 is 5.73 Å². The number of anilines is 1. The Bertz CT molecular complexity index is 707. The van der Waals surface area contributed by atoms with Gasteiger partial charge < -0.3 is 15.2 Å². The lowest BCUT2D eigenvalue weighted by Crippen LogP contribution is -2.48. The first kappa shape index (κ1) is 17.4. The van der Waals surface area contributed by atoms with Gasteiger partial charge in [0.25, 0.3) is 0 Å². The highest BCUT2D eigenvalue weighted by molar-refractivity contribution is 5.76. The van der Waals surface area contributed by atoms with Gasteiger partial charge in [-0.05, 0) is 18.1 Å². The lowest BCUT2D eigenvalue weighted by atomic mass is 10.1. The molecule has 1 aromatic carbocycles. The molecule has 1 fully saturated rings. The van der Waals surface area contributed by atoms with E-state index in [1.54, 1.807) is 0 Å². The van der Waals surface area contributed by atoms with Crippen LogP contribution in [0.2, 0.25) is 0 Å². The molecule has 1 aliphatic rings. The number of nitrogens with zero attached hydrogens (tertiary/aromatic N) is 4. The van der Waals surface area contributed by atoms with Crippen molar-refractivity contribution in [3.63, 3.8) is 0 Å². The van der Waals surface area contributed by atoms with Gasteiger partial charge in [0.2, 0.25) is 11.8 Å². The van der Waals surface area contributed by atoms with Gasteiger partial charge in [-0.25, -0.2) is 0 Å². The second-order valence-corrected chi connectivity index (χ2v) is 6.31. The van der Waals surface area contributed by atoms with Crippen molar-refractivity contribution >= 4 is 11.6 Å². The Balaban J connectivity index is 1.43. The molecule has 0 bridgehead atoms. The summed E-state index contributed by atoms with van der Waals surface area (Å²) in [6.07, 6.45) is 1.94. The van der Waals surface area contributed by atoms with Gasteiger partial charge in [0, 0.05) is 44.7 Å². The first-order valence-corrected chi connectivity index (χ1v) is 8.80. The van der Waals surface area contributed by atoms with E-state index >= 15 is 0 Å². The molecule has 1 aromatic heterocycles. The average molecular weight is 343 g/mol. The number of amides is 1. The third-order valence-corrected chi connectivity index (χ3v) is 4.57. The van der Waals surface area contributed by atoms with Crippen molar-refractivity contribution in [2.75, 3.05) is 31.9 Å². The summed E-state index contributed by atoms with van der Waals surface area (Å²) in [7, 11) is 0. The smallest absolute Gasteiger partial charge is 0.226 e. The van der Waals surface area contributed by atoms with Crippen molar-refractivity contribution in [2.45, 2.75) is 32.7 Å². The van der Waals surface area contributed by atoms with Crippen molar-refractivity contribution in [1.29, 1.82) is 0 Å². The predicted octanol–water partition coefficient (Wildman–Crippen LogP) is 1.49. The van der Waals surface area contributed by atoms with E-state index in [0.717, 1.165) is 49.7 Å². The molecule has 25 heavy (non-hydrogen) atoms. The molecule has 0 unspecified atom stereocenters. The van der Waals surface area contributed by atoms with Crippen LogP contribution in [0.3, 0.4) is 0 Å². The normalized spacial score (nSPS) is 15.5. The Morgan fingerprint density at radius 3 is 2.68 bits per heavy atom. The van der Waals surface area contributed by atoms with Crippen molar-refractivity contribution in [1.82, 2.24) is 19.9 Å². The summed E-state index contributed by atoms with van der Waals surface area (Å²) in [5, 5.41) is 3.99. The number of aromatic nitrogens is 2. The van der Waals surface area contributed by atoms with Gasteiger partial charge in [0.15, 0.2) is 5.82 Å². The summed E-state index contributed by atoms with van der Waals surface area (Å²) >= 11 is 0. The second kappa shape index (κ2) is 8.11. The fourth-order valence-electron chi connectivity index (χ4n) is 3.01. The molecular weight excluding hydrogens is 318 g/mol. The van der Waals surface area contributed by atoms with Gasteiger partial charge in [-0.2, -0.15) is 4.98 Å². The maximum atomic E-state index is 12.4. The van der Waals surface area contributed by atoms with Crippen molar-refractivity contribution in [2.24, 2.45) is 0 Å². The van der Waals surface area contributed by atoms with Crippen LogP contribution in [0.15, 0.2) is 28.8 Å². The molecule has 2 aromatic rings. The Morgan fingerprint density at radius 2 is 2.00 bits per heavy atom. The molecule has 0 radical (unpaired) electrons. The highest BCUT2D eigenvalue weighted by Crippen LogP contribution is 2.14. The Labute approximate surface area is 147 Å². The SMILES string of the molecule is CCc1nc(CN2CCN(C(=O)CCc3ccccc3N)CC2)no1. The number of nitrogens with two attached hydrogens (primary N) is 1.